The van der Waals surface area contributed by atoms with Crippen LogP contribution < -0.4 is 5.32 Å². The van der Waals surface area contributed by atoms with E-state index >= 15 is 0 Å². The lowest BCUT2D eigenvalue weighted by atomic mass is 10.1. The monoisotopic (exact) mass is 379 g/mol. The Bertz CT molecular complexity index is 582. The van der Waals surface area contributed by atoms with Crippen LogP contribution in [-0.4, -0.2) is 17.0 Å². The molecule has 0 radical (unpaired) electrons. The Morgan fingerprint density at radius 3 is 2.32 bits per heavy atom. The molecule has 2 rings (SSSR count). The van der Waals surface area contributed by atoms with Gasteiger partial charge in [0.2, 0.25) is 0 Å². The average Bonchev–Trinajstić information content (AvgIpc) is 2.38. The molecule has 0 aliphatic carbocycles. The molecule has 0 bridgehead atoms. The van der Waals surface area contributed by atoms with Crippen LogP contribution in [0.25, 0.3) is 11.4 Å². The molecule has 0 aliphatic rings. The Hall–Kier alpha value is -1.38. The summed E-state index contributed by atoms with van der Waals surface area (Å²) < 4.78 is 38.2. The zero-order valence-corrected chi connectivity index (χ0v) is 12.0. The number of nitrogens with one attached hydrogen (secondary N) is 1. The van der Waals surface area contributed by atoms with Crippen LogP contribution in [0.2, 0.25) is 0 Å². The maximum atomic E-state index is 12.5. The van der Waals surface area contributed by atoms with Gasteiger partial charge in [-0.2, -0.15) is 13.2 Å². The summed E-state index contributed by atoms with van der Waals surface area (Å²) in [6.07, 6.45) is -2.71. The van der Waals surface area contributed by atoms with Crippen molar-refractivity contribution in [2.24, 2.45) is 0 Å². The topological polar surface area (TPSA) is 37.8 Å². The van der Waals surface area contributed by atoms with E-state index in [1.807, 2.05) is 0 Å². The molecule has 0 atom stereocenters. The number of hydrogen-bond donors (Lipinski definition) is 1. The third-order valence-electron chi connectivity index (χ3n) is 2.45. The maximum Gasteiger partial charge on any atom is 0.416 e. The number of halogens is 4. The summed E-state index contributed by atoms with van der Waals surface area (Å²) in [5.74, 6) is 1.03. The molecule has 2 aromatic rings. The van der Waals surface area contributed by atoms with E-state index in [9.17, 15) is 13.2 Å². The molecule has 19 heavy (non-hydrogen) atoms. The van der Waals surface area contributed by atoms with Crippen molar-refractivity contribution in [2.75, 3.05) is 12.4 Å². The fourth-order valence-electron chi connectivity index (χ4n) is 1.49. The van der Waals surface area contributed by atoms with Crippen LogP contribution in [0.1, 0.15) is 5.56 Å². The predicted octanol–water partition coefficient (Wildman–Crippen LogP) is 3.81. The normalized spacial score (nSPS) is 11.4. The van der Waals surface area contributed by atoms with Gasteiger partial charge in [0.15, 0.2) is 5.82 Å². The van der Waals surface area contributed by atoms with Crippen LogP contribution >= 0.6 is 22.6 Å². The second-order valence-electron chi connectivity index (χ2n) is 3.72. The van der Waals surface area contributed by atoms with Gasteiger partial charge in [-0.3, -0.25) is 0 Å². The van der Waals surface area contributed by atoms with Crippen LogP contribution in [0.15, 0.2) is 30.5 Å². The zero-order chi connectivity index (χ0) is 14.0. The largest absolute Gasteiger partial charge is 0.416 e. The number of anilines is 1. The highest BCUT2D eigenvalue weighted by Crippen LogP contribution is 2.30. The standard InChI is InChI=1S/C12H9F3IN3/c1-17-11-9(16)6-18-10(19-11)7-2-4-8(5-3-7)12(13,14)15/h2-6H,1H3,(H,17,18,19). The summed E-state index contributed by atoms with van der Waals surface area (Å²) in [7, 11) is 1.72. The second-order valence-corrected chi connectivity index (χ2v) is 4.88. The molecule has 100 valence electrons. The molecule has 1 heterocycles. The molecular weight excluding hydrogens is 370 g/mol. The molecule has 0 saturated carbocycles. The van der Waals surface area contributed by atoms with Gasteiger partial charge in [-0.25, -0.2) is 9.97 Å². The summed E-state index contributed by atoms with van der Waals surface area (Å²) in [5, 5.41) is 2.90. The lowest BCUT2D eigenvalue weighted by Gasteiger charge is -2.08. The van der Waals surface area contributed by atoms with E-state index in [0.29, 0.717) is 17.2 Å². The van der Waals surface area contributed by atoms with Crippen LogP contribution in [-0.2, 0) is 6.18 Å². The van der Waals surface area contributed by atoms with E-state index in [1.54, 1.807) is 13.2 Å². The van der Waals surface area contributed by atoms with Gasteiger partial charge in [0.05, 0.1) is 9.13 Å². The van der Waals surface area contributed by atoms with E-state index in [0.717, 1.165) is 15.7 Å². The number of hydrogen-bond acceptors (Lipinski definition) is 3. The molecule has 0 saturated heterocycles. The molecule has 1 aromatic heterocycles. The molecule has 0 spiro atoms. The maximum absolute atomic E-state index is 12.5. The highest BCUT2D eigenvalue weighted by atomic mass is 127. The number of nitrogens with zero attached hydrogens (tertiary/aromatic N) is 2. The van der Waals surface area contributed by atoms with Crippen molar-refractivity contribution < 1.29 is 13.2 Å². The fraction of sp³-hybridized carbons (Fsp3) is 0.167. The minimum Gasteiger partial charge on any atom is -0.372 e. The van der Waals surface area contributed by atoms with Gasteiger partial charge in [-0.05, 0) is 34.7 Å². The SMILES string of the molecule is CNc1nc(-c2ccc(C(F)(F)F)cc2)ncc1I. The molecule has 0 aliphatic heterocycles. The highest BCUT2D eigenvalue weighted by molar-refractivity contribution is 14.1. The number of benzene rings is 1. The van der Waals surface area contributed by atoms with Crippen molar-refractivity contribution in [3.05, 3.63) is 39.6 Å². The van der Waals surface area contributed by atoms with Crippen molar-refractivity contribution in [3.8, 4) is 11.4 Å². The summed E-state index contributed by atoms with van der Waals surface area (Å²) in [6, 6.07) is 4.78. The van der Waals surface area contributed by atoms with Crippen molar-refractivity contribution in [1.29, 1.82) is 0 Å². The Labute approximate surface area is 121 Å². The first-order valence-corrected chi connectivity index (χ1v) is 6.37. The molecule has 0 amide bonds. The first-order valence-electron chi connectivity index (χ1n) is 5.29. The Kier molecular flexibility index (Phi) is 3.93. The van der Waals surface area contributed by atoms with Crippen LogP contribution in [0.5, 0.6) is 0 Å². The molecular formula is C12H9F3IN3. The molecule has 7 heteroatoms. The third kappa shape index (κ3) is 3.14. The summed E-state index contributed by atoms with van der Waals surface area (Å²) >= 11 is 2.08. The summed E-state index contributed by atoms with van der Waals surface area (Å²) in [6.45, 7) is 0. The number of alkyl halides is 3. The number of aromatic nitrogens is 2. The molecule has 0 unspecified atom stereocenters. The summed E-state index contributed by atoms with van der Waals surface area (Å²) in [4.78, 5) is 8.35. The third-order valence-corrected chi connectivity index (χ3v) is 3.24. The molecule has 1 aromatic carbocycles. The lowest BCUT2D eigenvalue weighted by Crippen LogP contribution is -2.04. The van der Waals surface area contributed by atoms with Crippen molar-refractivity contribution in [2.45, 2.75) is 6.18 Å². The van der Waals surface area contributed by atoms with Gasteiger partial charge < -0.3 is 5.32 Å². The van der Waals surface area contributed by atoms with E-state index in [-0.39, 0.29) is 0 Å². The molecule has 3 nitrogen and oxygen atoms in total. The highest BCUT2D eigenvalue weighted by Gasteiger charge is 2.30. The Morgan fingerprint density at radius 2 is 1.79 bits per heavy atom. The van der Waals surface area contributed by atoms with Crippen LogP contribution in [0.4, 0.5) is 19.0 Å². The average molecular weight is 379 g/mol. The van der Waals surface area contributed by atoms with E-state index in [2.05, 4.69) is 37.9 Å². The first kappa shape index (κ1) is 14.0. The predicted molar refractivity (Wildman–Crippen MR) is 74.7 cm³/mol. The lowest BCUT2D eigenvalue weighted by molar-refractivity contribution is -0.137. The summed E-state index contributed by atoms with van der Waals surface area (Å²) in [5.41, 5.74) is -0.142. The van der Waals surface area contributed by atoms with Gasteiger partial charge in [0.25, 0.3) is 0 Å². The van der Waals surface area contributed by atoms with Gasteiger partial charge >= 0.3 is 6.18 Å². The first-order chi connectivity index (χ1) is 8.91. The Morgan fingerprint density at radius 1 is 1.16 bits per heavy atom. The molecule has 1 N–H and O–H groups in total. The Balaban J connectivity index is 2.37. The van der Waals surface area contributed by atoms with Gasteiger partial charge in [-0.1, -0.05) is 12.1 Å². The second kappa shape index (κ2) is 5.32. The van der Waals surface area contributed by atoms with Crippen molar-refractivity contribution in [3.63, 3.8) is 0 Å². The van der Waals surface area contributed by atoms with Gasteiger partial charge in [0, 0.05) is 18.8 Å². The fourth-order valence-corrected chi connectivity index (χ4v) is 2.02. The smallest absolute Gasteiger partial charge is 0.372 e. The quantitative estimate of drug-likeness (QED) is 0.807. The van der Waals surface area contributed by atoms with Crippen molar-refractivity contribution >= 4 is 28.4 Å². The van der Waals surface area contributed by atoms with E-state index < -0.39 is 11.7 Å². The van der Waals surface area contributed by atoms with Gasteiger partial charge in [-0.15, -0.1) is 0 Å². The van der Waals surface area contributed by atoms with Crippen LogP contribution in [0, 0.1) is 3.57 Å². The number of rotatable bonds is 2. The minimum atomic E-state index is -4.33. The molecule has 0 fully saturated rings. The minimum absolute atomic E-state index is 0.387. The van der Waals surface area contributed by atoms with E-state index in [4.69, 9.17) is 0 Å². The van der Waals surface area contributed by atoms with Crippen LogP contribution in [0.3, 0.4) is 0 Å². The van der Waals surface area contributed by atoms with E-state index in [1.165, 1.54) is 12.1 Å². The van der Waals surface area contributed by atoms with Crippen molar-refractivity contribution in [1.82, 2.24) is 9.97 Å². The zero-order valence-electron chi connectivity index (χ0n) is 9.79. The van der Waals surface area contributed by atoms with Gasteiger partial charge in [0.1, 0.15) is 5.82 Å².